The molecule has 108 valence electrons. The van der Waals surface area contributed by atoms with Gasteiger partial charge in [0.15, 0.2) is 0 Å². The fraction of sp³-hybridized carbons (Fsp3) is 0.333. The Hall–Kier alpha value is -0.910. The molecule has 1 aromatic heterocycles. The van der Waals surface area contributed by atoms with E-state index >= 15 is 0 Å². The molecule has 0 amide bonds. The van der Waals surface area contributed by atoms with Crippen LogP contribution in [0.5, 0.6) is 5.75 Å². The van der Waals surface area contributed by atoms with Gasteiger partial charge in [-0.15, -0.1) is 11.3 Å². The van der Waals surface area contributed by atoms with Crippen LogP contribution in [0.25, 0.3) is 0 Å². The molecule has 0 saturated heterocycles. The van der Waals surface area contributed by atoms with Crippen LogP contribution in [0.2, 0.25) is 0 Å². The van der Waals surface area contributed by atoms with E-state index in [-0.39, 0.29) is 11.9 Å². The number of thiophene rings is 1. The summed E-state index contributed by atoms with van der Waals surface area (Å²) >= 11 is 5.13. The summed E-state index contributed by atoms with van der Waals surface area (Å²) in [6.07, 6.45) is 0.982. The van der Waals surface area contributed by atoms with E-state index in [1.807, 2.05) is 11.4 Å². The average Bonchev–Trinajstić information content (AvgIpc) is 2.87. The molecule has 1 heterocycles. The van der Waals surface area contributed by atoms with Gasteiger partial charge in [0.2, 0.25) is 0 Å². The summed E-state index contributed by atoms with van der Waals surface area (Å²) in [7, 11) is 1.57. The van der Waals surface area contributed by atoms with Gasteiger partial charge in [-0.1, -0.05) is 13.0 Å². The molecule has 1 aromatic carbocycles. The first-order valence-corrected chi connectivity index (χ1v) is 8.15. The maximum Gasteiger partial charge on any atom is 0.132 e. The Morgan fingerprint density at radius 3 is 2.80 bits per heavy atom. The lowest BCUT2D eigenvalue weighted by atomic mass is 10.0. The summed E-state index contributed by atoms with van der Waals surface area (Å²) in [4.78, 5) is 1.06. The third-order valence-corrected chi connectivity index (χ3v) is 4.96. The Bertz CT molecular complexity index is 573. The van der Waals surface area contributed by atoms with Gasteiger partial charge in [-0.25, -0.2) is 4.39 Å². The maximum absolute atomic E-state index is 14.3. The minimum atomic E-state index is -0.252. The van der Waals surface area contributed by atoms with E-state index in [0.29, 0.717) is 11.3 Å². The van der Waals surface area contributed by atoms with Gasteiger partial charge in [0.05, 0.1) is 18.7 Å². The normalized spacial score (nSPS) is 12.4. The Morgan fingerprint density at radius 2 is 2.20 bits per heavy atom. The van der Waals surface area contributed by atoms with Crippen molar-refractivity contribution in [1.29, 1.82) is 0 Å². The summed E-state index contributed by atoms with van der Waals surface area (Å²) in [5.41, 5.74) is 0.562. The smallest absolute Gasteiger partial charge is 0.132 e. The highest BCUT2D eigenvalue weighted by Crippen LogP contribution is 2.38. The van der Waals surface area contributed by atoms with E-state index in [0.717, 1.165) is 22.3 Å². The van der Waals surface area contributed by atoms with Crippen molar-refractivity contribution in [3.8, 4) is 5.75 Å². The fourth-order valence-electron chi connectivity index (χ4n) is 2.10. The van der Waals surface area contributed by atoms with E-state index in [1.54, 1.807) is 30.6 Å². The van der Waals surface area contributed by atoms with Crippen LogP contribution in [0.4, 0.5) is 4.39 Å². The third-order valence-electron chi connectivity index (χ3n) is 3.03. The molecule has 2 aromatic rings. The van der Waals surface area contributed by atoms with Crippen molar-refractivity contribution >= 4 is 27.3 Å². The number of methoxy groups -OCH3 is 1. The van der Waals surface area contributed by atoms with Crippen LogP contribution in [0, 0.1) is 5.82 Å². The first-order chi connectivity index (χ1) is 9.69. The summed E-state index contributed by atoms with van der Waals surface area (Å²) in [6.45, 7) is 2.90. The van der Waals surface area contributed by atoms with E-state index < -0.39 is 0 Å². The highest BCUT2D eigenvalue weighted by molar-refractivity contribution is 9.10. The van der Waals surface area contributed by atoms with E-state index in [1.165, 1.54) is 6.07 Å². The molecule has 5 heteroatoms. The van der Waals surface area contributed by atoms with Gasteiger partial charge in [0.1, 0.15) is 11.6 Å². The Labute approximate surface area is 131 Å². The van der Waals surface area contributed by atoms with Crippen LogP contribution in [-0.2, 0) is 0 Å². The molecular formula is C15H17BrFNOS. The number of benzene rings is 1. The van der Waals surface area contributed by atoms with Crippen LogP contribution in [0.15, 0.2) is 34.1 Å². The van der Waals surface area contributed by atoms with Crippen molar-refractivity contribution in [1.82, 2.24) is 5.32 Å². The standard InChI is InChI=1S/C15H17BrFNOS/c1-3-8-18-14(15-10(16)7-9-20-15)13-11(17)5-4-6-12(13)19-2/h4-7,9,14,18H,3,8H2,1-2H3. The number of hydrogen-bond donors (Lipinski definition) is 1. The molecule has 0 fully saturated rings. The Balaban J connectivity index is 2.49. The van der Waals surface area contributed by atoms with E-state index in [2.05, 4.69) is 28.2 Å². The maximum atomic E-state index is 14.3. The van der Waals surface area contributed by atoms with Gasteiger partial charge in [-0.2, -0.15) is 0 Å². The molecule has 0 aliphatic rings. The van der Waals surface area contributed by atoms with Crippen LogP contribution in [0.1, 0.15) is 29.8 Å². The molecule has 0 aliphatic carbocycles. The predicted octanol–water partition coefficient (Wildman–Crippen LogP) is 4.75. The lowest BCUT2D eigenvalue weighted by molar-refractivity contribution is 0.397. The van der Waals surface area contributed by atoms with Crippen LogP contribution >= 0.6 is 27.3 Å². The van der Waals surface area contributed by atoms with Gasteiger partial charge in [0.25, 0.3) is 0 Å². The molecule has 0 radical (unpaired) electrons. The molecule has 1 unspecified atom stereocenters. The van der Waals surface area contributed by atoms with Crippen molar-refractivity contribution in [2.45, 2.75) is 19.4 Å². The van der Waals surface area contributed by atoms with Gasteiger partial charge in [-0.3, -0.25) is 0 Å². The second-order valence-corrected chi connectivity index (χ2v) is 6.18. The number of ether oxygens (including phenoxy) is 1. The molecule has 1 N–H and O–H groups in total. The van der Waals surface area contributed by atoms with Crippen molar-refractivity contribution < 1.29 is 9.13 Å². The van der Waals surface area contributed by atoms with Crippen LogP contribution in [-0.4, -0.2) is 13.7 Å². The number of halogens is 2. The van der Waals surface area contributed by atoms with E-state index in [9.17, 15) is 4.39 Å². The lowest BCUT2D eigenvalue weighted by Crippen LogP contribution is -2.24. The highest BCUT2D eigenvalue weighted by Gasteiger charge is 2.24. The number of rotatable bonds is 6. The highest BCUT2D eigenvalue weighted by atomic mass is 79.9. The summed E-state index contributed by atoms with van der Waals surface area (Å²) < 4.78 is 20.6. The lowest BCUT2D eigenvalue weighted by Gasteiger charge is -2.21. The summed E-state index contributed by atoms with van der Waals surface area (Å²) in [5, 5.41) is 5.40. The van der Waals surface area contributed by atoms with Crippen molar-refractivity contribution in [3.63, 3.8) is 0 Å². The minimum absolute atomic E-state index is 0.208. The third kappa shape index (κ3) is 3.22. The molecule has 2 nitrogen and oxygen atoms in total. The summed E-state index contributed by atoms with van der Waals surface area (Å²) in [5.74, 6) is 0.317. The van der Waals surface area contributed by atoms with Crippen LogP contribution < -0.4 is 10.1 Å². The van der Waals surface area contributed by atoms with Crippen molar-refractivity contribution in [2.75, 3.05) is 13.7 Å². The Kier molecular flexibility index (Phi) is 5.57. The largest absolute Gasteiger partial charge is 0.496 e. The molecular weight excluding hydrogens is 341 g/mol. The zero-order valence-electron chi connectivity index (χ0n) is 11.5. The molecule has 0 saturated carbocycles. The zero-order valence-corrected chi connectivity index (χ0v) is 13.9. The SMILES string of the molecule is CCCNC(c1sccc1Br)c1c(F)cccc1OC. The number of hydrogen-bond acceptors (Lipinski definition) is 3. The van der Waals surface area contributed by atoms with Crippen LogP contribution in [0.3, 0.4) is 0 Å². The first kappa shape index (κ1) is 15.5. The fourth-order valence-corrected chi connectivity index (χ4v) is 3.79. The van der Waals surface area contributed by atoms with Gasteiger partial charge in [-0.05, 0) is 52.5 Å². The molecule has 0 spiro atoms. The Morgan fingerprint density at radius 1 is 1.40 bits per heavy atom. The van der Waals surface area contributed by atoms with Gasteiger partial charge >= 0.3 is 0 Å². The summed E-state index contributed by atoms with van der Waals surface area (Å²) in [6, 6.07) is 6.70. The van der Waals surface area contributed by atoms with Crippen molar-refractivity contribution in [3.05, 3.63) is 50.4 Å². The zero-order chi connectivity index (χ0) is 14.5. The minimum Gasteiger partial charge on any atom is -0.496 e. The predicted molar refractivity (Wildman–Crippen MR) is 85.1 cm³/mol. The molecule has 0 aliphatic heterocycles. The number of nitrogens with one attached hydrogen (secondary N) is 1. The molecule has 0 bridgehead atoms. The first-order valence-electron chi connectivity index (χ1n) is 6.47. The quantitative estimate of drug-likeness (QED) is 0.805. The second kappa shape index (κ2) is 7.20. The second-order valence-electron chi connectivity index (χ2n) is 4.38. The monoisotopic (exact) mass is 357 g/mol. The molecule has 1 atom stereocenters. The average molecular weight is 358 g/mol. The van der Waals surface area contributed by atoms with Crippen molar-refractivity contribution in [2.24, 2.45) is 0 Å². The molecule has 2 rings (SSSR count). The van der Waals surface area contributed by atoms with E-state index in [4.69, 9.17) is 4.74 Å². The van der Waals surface area contributed by atoms with Gasteiger partial charge in [0, 0.05) is 9.35 Å². The topological polar surface area (TPSA) is 21.3 Å². The van der Waals surface area contributed by atoms with Gasteiger partial charge < -0.3 is 10.1 Å². The molecule has 20 heavy (non-hydrogen) atoms.